The molecule has 0 unspecified atom stereocenters. The second-order valence-electron chi connectivity index (χ2n) is 7.50. The fraction of sp³-hybridized carbons (Fsp3) is 0.409. The van der Waals surface area contributed by atoms with Gasteiger partial charge in [0, 0.05) is 30.8 Å². The Kier molecular flexibility index (Phi) is 6.67. The monoisotopic (exact) mass is 432 g/mol. The Labute approximate surface area is 178 Å². The van der Waals surface area contributed by atoms with E-state index in [1.54, 1.807) is 30.3 Å². The molecule has 2 aromatic carbocycles. The van der Waals surface area contributed by atoms with Gasteiger partial charge in [-0.1, -0.05) is 6.07 Å². The third-order valence-corrected chi connectivity index (χ3v) is 7.41. The van der Waals surface area contributed by atoms with Gasteiger partial charge < -0.3 is 14.8 Å². The van der Waals surface area contributed by atoms with Gasteiger partial charge in [-0.2, -0.15) is 4.31 Å². The number of piperidine rings is 1. The Bertz CT molecular complexity index is 1010. The van der Waals surface area contributed by atoms with Gasteiger partial charge in [0.1, 0.15) is 11.5 Å². The first-order chi connectivity index (χ1) is 14.2. The summed E-state index contributed by atoms with van der Waals surface area (Å²) in [5.41, 5.74) is 2.45. The number of aryl methyl sites for hydroxylation is 2. The van der Waals surface area contributed by atoms with Crippen LogP contribution in [0.1, 0.15) is 34.3 Å². The van der Waals surface area contributed by atoms with Crippen LogP contribution >= 0.6 is 0 Å². The Hall–Kier alpha value is -2.58. The topological polar surface area (TPSA) is 84.9 Å². The summed E-state index contributed by atoms with van der Waals surface area (Å²) in [5, 5.41) is 2.99. The van der Waals surface area contributed by atoms with E-state index in [1.165, 1.54) is 18.5 Å². The fourth-order valence-corrected chi connectivity index (χ4v) is 5.03. The van der Waals surface area contributed by atoms with Gasteiger partial charge >= 0.3 is 0 Å². The molecule has 0 saturated carbocycles. The first-order valence-electron chi connectivity index (χ1n) is 9.86. The highest BCUT2D eigenvalue weighted by molar-refractivity contribution is 7.89. The van der Waals surface area contributed by atoms with Crippen LogP contribution < -0.4 is 14.8 Å². The van der Waals surface area contributed by atoms with Crippen LogP contribution in [-0.4, -0.2) is 52.0 Å². The van der Waals surface area contributed by atoms with E-state index < -0.39 is 10.0 Å². The number of carbonyl (C=O) groups is 1. The van der Waals surface area contributed by atoms with Crippen LogP contribution in [0.25, 0.3) is 0 Å². The minimum atomic E-state index is -3.54. The lowest BCUT2D eigenvalue weighted by Crippen LogP contribution is -2.46. The highest BCUT2D eigenvalue weighted by Gasteiger charge is 2.30. The van der Waals surface area contributed by atoms with E-state index in [0.717, 1.165) is 11.1 Å². The molecule has 8 heteroatoms. The number of carbonyl (C=O) groups excluding carboxylic acids is 1. The van der Waals surface area contributed by atoms with E-state index in [-0.39, 0.29) is 11.9 Å². The molecule has 0 bridgehead atoms. The molecule has 1 fully saturated rings. The Morgan fingerprint density at radius 3 is 2.10 bits per heavy atom. The van der Waals surface area contributed by atoms with E-state index in [1.807, 2.05) is 19.9 Å². The standard InChI is InChI=1S/C22H28N2O5S/c1-15-5-6-21(11-16(15)2)30(26,27)24-9-7-18(8-10-24)23-22(25)17-12-19(28-3)14-20(13-17)29-4/h5-6,11-14,18H,7-10H2,1-4H3,(H,23,25). The van der Waals surface area contributed by atoms with E-state index in [2.05, 4.69) is 5.32 Å². The van der Waals surface area contributed by atoms with Gasteiger partial charge in [-0.05, 0) is 62.1 Å². The zero-order chi connectivity index (χ0) is 21.9. The van der Waals surface area contributed by atoms with Crippen LogP contribution in [0.4, 0.5) is 0 Å². The van der Waals surface area contributed by atoms with Gasteiger partial charge in [-0.25, -0.2) is 8.42 Å². The highest BCUT2D eigenvalue weighted by Crippen LogP contribution is 2.25. The van der Waals surface area contributed by atoms with Gasteiger partial charge in [0.05, 0.1) is 19.1 Å². The number of hydrogen-bond donors (Lipinski definition) is 1. The Morgan fingerprint density at radius 1 is 0.967 bits per heavy atom. The molecule has 0 atom stereocenters. The number of amides is 1. The lowest BCUT2D eigenvalue weighted by Gasteiger charge is -2.31. The van der Waals surface area contributed by atoms with Crippen molar-refractivity contribution in [1.29, 1.82) is 0 Å². The molecule has 0 aromatic heterocycles. The molecule has 2 aromatic rings. The van der Waals surface area contributed by atoms with Gasteiger partial charge in [0.25, 0.3) is 5.91 Å². The predicted molar refractivity (Wildman–Crippen MR) is 115 cm³/mol. The summed E-state index contributed by atoms with van der Waals surface area (Å²) in [4.78, 5) is 13.0. The summed E-state index contributed by atoms with van der Waals surface area (Å²) in [6, 6.07) is 10.1. The van der Waals surface area contributed by atoms with Gasteiger partial charge in [0.15, 0.2) is 0 Å². The van der Waals surface area contributed by atoms with Crippen LogP contribution in [0.15, 0.2) is 41.3 Å². The smallest absolute Gasteiger partial charge is 0.251 e. The fourth-order valence-electron chi connectivity index (χ4n) is 3.47. The summed E-state index contributed by atoms with van der Waals surface area (Å²) < 4.78 is 37.8. The summed E-state index contributed by atoms with van der Waals surface area (Å²) in [7, 11) is -0.476. The number of nitrogens with zero attached hydrogens (tertiary/aromatic N) is 1. The molecule has 1 amide bonds. The number of hydrogen-bond acceptors (Lipinski definition) is 5. The van der Waals surface area contributed by atoms with Crippen molar-refractivity contribution in [2.45, 2.75) is 37.6 Å². The minimum absolute atomic E-state index is 0.0964. The van der Waals surface area contributed by atoms with Crippen LogP contribution in [0, 0.1) is 13.8 Å². The van der Waals surface area contributed by atoms with Crippen molar-refractivity contribution in [3.05, 3.63) is 53.1 Å². The first-order valence-corrected chi connectivity index (χ1v) is 11.3. The largest absolute Gasteiger partial charge is 0.497 e. The van der Waals surface area contributed by atoms with Crippen molar-refractivity contribution in [3.8, 4) is 11.5 Å². The van der Waals surface area contributed by atoms with Crippen molar-refractivity contribution in [3.63, 3.8) is 0 Å². The molecule has 1 heterocycles. The molecule has 0 radical (unpaired) electrons. The average Bonchev–Trinajstić information content (AvgIpc) is 2.75. The number of sulfonamides is 1. The maximum absolute atomic E-state index is 13.0. The maximum Gasteiger partial charge on any atom is 0.251 e. The second-order valence-corrected chi connectivity index (χ2v) is 9.44. The maximum atomic E-state index is 13.0. The van der Waals surface area contributed by atoms with Crippen LogP contribution in [0.2, 0.25) is 0 Å². The molecular weight excluding hydrogens is 404 g/mol. The van der Waals surface area contributed by atoms with E-state index in [4.69, 9.17) is 9.47 Å². The minimum Gasteiger partial charge on any atom is -0.497 e. The number of benzene rings is 2. The number of nitrogens with one attached hydrogen (secondary N) is 1. The Balaban J connectivity index is 1.64. The highest BCUT2D eigenvalue weighted by atomic mass is 32.2. The molecular formula is C22H28N2O5S. The third-order valence-electron chi connectivity index (χ3n) is 5.52. The summed E-state index contributed by atoms with van der Waals surface area (Å²) in [6.07, 6.45) is 1.10. The van der Waals surface area contributed by atoms with E-state index in [0.29, 0.717) is 47.9 Å². The summed E-state index contributed by atoms with van der Waals surface area (Å²) in [6.45, 7) is 4.59. The SMILES string of the molecule is COc1cc(OC)cc(C(=O)NC2CCN(S(=O)(=O)c3ccc(C)c(C)c3)CC2)c1. The Morgan fingerprint density at radius 2 is 1.57 bits per heavy atom. The van der Waals surface area contributed by atoms with Crippen molar-refractivity contribution < 1.29 is 22.7 Å². The molecule has 162 valence electrons. The number of ether oxygens (including phenoxy) is 2. The zero-order valence-electron chi connectivity index (χ0n) is 17.8. The van der Waals surface area contributed by atoms with Crippen LogP contribution in [0.5, 0.6) is 11.5 Å². The summed E-state index contributed by atoms with van der Waals surface area (Å²) in [5.74, 6) is 0.838. The lowest BCUT2D eigenvalue weighted by molar-refractivity contribution is 0.0923. The molecule has 7 nitrogen and oxygen atoms in total. The molecule has 1 N–H and O–H groups in total. The van der Waals surface area contributed by atoms with Crippen molar-refractivity contribution in [2.75, 3.05) is 27.3 Å². The van der Waals surface area contributed by atoms with Crippen molar-refractivity contribution in [1.82, 2.24) is 9.62 Å². The van der Waals surface area contributed by atoms with Gasteiger partial charge in [-0.3, -0.25) is 4.79 Å². The lowest BCUT2D eigenvalue weighted by atomic mass is 10.1. The molecule has 0 aliphatic carbocycles. The number of rotatable bonds is 6. The molecule has 1 aliphatic heterocycles. The van der Waals surface area contributed by atoms with Crippen molar-refractivity contribution in [2.24, 2.45) is 0 Å². The first kappa shape index (κ1) is 22.1. The van der Waals surface area contributed by atoms with Gasteiger partial charge in [0.2, 0.25) is 10.0 Å². The average molecular weight is 433 g/mol. The molecule has 1 saturated heterocycles. The third kappa shape index (κ3) is 4.76. The van der Waals surface area contributed by atoms with E-state index in [9.17, 15) is 13.2 Å². The normalized spacial score (nSPS) is 15.6. The molecule has 30 heavy (non-hydrogen) atoms. The van der Waals surface area contributed by atoms with Crippen LogP contribution in [-0.2, 0) is 10.0 Å². The number of methoxy groups -OCH3 is 2. The molecule has 3 rings (SSSR count). The van der Waals surface area contributed by atoms with Gasteiger partial charge in [-0.15, -0.1) is 0 Å². The zero-order valence-corrected chi connectivity index (χ0v) is 18.6. The molecule has 0 spiro atoms. The van der Waals surface area contributed by atoms with Crippen molar-refractivity contribution >= 4 is 15.9 Å². The quantitative estimate of drug-likeness (QED) is 0.759. The summed E-state index contributed by atoms with van der Waals surface area (Å²) >= 11 is 0. The molecule has 1 aliphatic rings. The van der Waals surface area contributed by atoms with Crippen LogP contribution in [0.3, 0.4) is 0 Å². The second kappa shape index (κ2) is 9.06. The predicted octanol–water partition coefficient (Wildman–Crippen LogP) is 2.90. The van der Waals surface area contributed by atoms with E-state index >= 15 is 0 Å².